The number of primary amides is 1. The number of methoxy groups -OCH3 is 1. The van der Waals surface area contributed by atoms with Crippen LogP contribution in [0.2, 0.25) is 0 Å². The molecule has 0 radical (unpaired) electrons. The van der Waals surface area contributed by atoms with Crippen LogP contribution < -0.4 is 10.5 Å². The van der Waals surface area contributed by atoms with Gasteiger partial charge in [0.1, 0.15) is 17.4 Å². The van der Waals surface area contributed by atoms with E-state index in [1.54, 1.807) is 0 Å². The predicted molar refractivity (Wildman–Crippen MR) is 51.2 cm³/mol. The van der Waals surface area contributed by atoms with Crippen molar-refractivity contribution in [2.24, 2.45) is 5.73 Å². The van der Waals surface area contributed by atoms with E-state index in [2.05, 4.69) is 4.74 Å². The number of carbonyl (C=O) groups is 1. The maximum Gasteiger partial charge on any atom is 0.420 e. The monoisotopic (exact) mass is 244 g/mol. The number of nitrogens with two attached hydrogens (primary N) is 1. The van der Waals surface area contributed by atoms with Gasteiger partial charge in [-0.2, -0.15) is 18.4 Å². The molecule has 0 unspecified atom stereocenters. The first-order valence-corrected chi connectivity index (χ1v) is 4.31. The van der Waals surface area contributed by atoms with E-state index >= 15 is 0 Å². The highest BCUT2D eigenvalue weighted by molar-refractivity contribution is 5.96. The molecule has 1 rings (SSSR count). The van der Waals surface area contributed by atoms with Gasteiger partial charge in [-0.1, -0.05) is 0 Å². The number of rotatable bonds is 2. The molecule has 0 bridgehead atoms. The molecule has 0 aliphatic rings. The third-order valence-corrected chi connectivity index (χ3v) is 2.04. The maximum absolute atomic E-state index is 12.6. The number of hydrogen-bond donors (Lipinski definition) is 1. The van der Waals surface area contributed by atoms with E-state index < -0.39 is 29.0 Å². The molecule has 0 aliphatic heterocycles. The van der Waals surface area contributed by atoms with Gasteiger partial charge in [0.05, 0.1) is 18.2 Å². The van der Waals surface area contributed by atoms with Gasteiger partial charge in [0.2, 0.25) is 5.91 Å². The van der Waals surface area contributed by atoms with Gasteiger partial charge >= 0.3 is 6.18 Å². The van der Waals surface area contributed by atoms with Gasteiger partial charge in [-0.3, -0.25) is 4.79 Å². The molecule has 1 aromatic carbocycles. The topological polar surface area (TPSA) is 76.1 Å². The highest BCUT2D eigenvalue weighted by Crippen LogP contribution is 2.38. The first-order valence-electron chi connectivity index (χ1n) is 4.31. The number of benzene rings is 1. The zero-order valence-corrected chi connectivity index (χ0v) is 8.63. The first-order chi connectivity index (χ1) is 7.82. The van der Waals surface area contributed by atoms with Gasteiger partial charge in [-0.15, -0.1) is 0 Å². The lowest BCUT2D eigenvalue weighted by Crippen LogP contribution is -2.16. The van der Waals surface area contributed by atoms with Crippen LogP contribution in [0, 0.1) is 11.3 Å². The van der Waals surface area contributed by atoms with Crippen molar-refractivity contribution >= 4 is 5.91 Å². The predicted octanol–water partition coefficient (Wildman–Crippen LogP) is 1.68. The van der Waals surface area contributed by atoms with Crippen LogP contribution in [0.5, 0.6) is 5.75 Å². The van der Waals surface area contributed by atoms with Gasteiger partial charge in [0, 0.05) is 0 Å². The second kappa shape index (κ2) is 4.33. The standard InChI is InChI=1S/C10H7F3N2O2/c1-17-8-6(4-14)5(9(15)16)2-3-7(8)10(11,12)13/h2-3H,1H3,(H2,15,16). The van der Waals surface area contributed by atoms with Crippen LogP contribution in [0.4, 0.5) is 13.2 Å². The molecule has 4 nitrogen and oxygen atoms in total. The third-order valence-electron chi connectivity index (χ3n) is 2.04. The minimum absolute atomic E-state index is 0.308. The molecule has 0 spiro atoms. The van der Waals surface area contributed by atoms with Crippen molar-refractivity contribution in [3.63, 3.8) is 0 Å². The van der Waals surface area contributed by atoms with Crippen LogP contribution in [0.1, 0.15) is 21.5 Å². The minimum Gasteiger partial charge on any atom is -0.495 e. The molecular weight excluding hydrogens is 237 g/mol. The van der Waals surface area contributed by atoms with E-state index in [9.17, 15) is 18.0 Å². The van der Waals surface area contributed by atoms with Crippen molar-refractivity contribution < 1.29 is 22.7 Å². The van der Waals surface area contributed by atoms with Crippen molar-refractivity contribution in [2.45, 2.75) is 6.18 Å². The van der Waals surface area contributed by atoms with Crippen molar-refractivity contribution in [1.82, 2.24) is 0 Å². The van der Waals surface area contributed by atoms with Gasteiger partial charge in [-0.25, -0.2) is 0 Å². The van der Waals surface area contributed by atoms with E-state index in [0.29, 0.717) is 6.07 Å². The van der Waals surface area contributed by atoms with E-state index in [1.165, 1.54) is 6.07 Å². The number of amides is 1. The summed E-state index contributed by atoms with van der Waals surface area (Å²) < 4.78 is 42.3. The van der Waals surface area contributed by atoms with Crippen LogP contribution in [0.25, 0.3) is 0 Å². The lowest BCUT2D eigenvalue weighted by molar-refractivity contribution is -0.138. The molecule has 0 saturated carbocycles. The summed E-state index contributed by atoms with van der Waals surface area (Å²) in [6.45, 7) is 0. The Balaban J connectivity index is 3.62. The third kappa shape index (κ3) is 2.30. The fourth-order valence-electron chi connectivity index (χ4n) is 1.33. The quantitative estimate of drug-likeness (QED) is 0.859. The number of hydrogen-bond acceptors (Lipinski definition) is 3. The number of nitrogens with zero attached hydrogens (tertiary/aromatic N) is 1. The molecule has 90 valence electrons. The van der Waals surface area contributed by atoms with Crippen molar-refractivity contribution in [1.29, 1.82) is 5.26 Å². The number of halogens is 3. The summed E-state index contributed by atoms with van der Waals surface area (Å²) in [6.07, 6.45) is -4.67. The molecular formula is C10H7F3N2O2. The largest absolute Gasteiger partial charge is 0.495 e. The van der Waals surface area contributed by atoms with E-state index in [0.717, 1.165) is 13.2 Å². The summed E-state index contributed by atoms with van der Waals surface area (Å²) >= 11 is 0. The molecule has 0 fully saturated rings. The van der Waals surface area contributed by atoms with Crippen LogP contribution >= 0.6 is 0 Å². The van der Waals surface area contributed by atoms with Gasteiger partial charge in [0.25, 0.3) is 0 Å². The lowest BCUT2D eigenvalue weighted by Gasteiger charge is -2.14. The highest BCUT2D eigenvalue weighted by Gasteiger charge is 2.36. The Morgan fingerprint density at radius 3 is 2.41 bits per heavy atom. The number of alkyl halides is 3. The highest BCUT2D eigenvalue weighted by atomic mass is 19.4. The maximum atomic E-state index is 12.6. The normalized spacial score (nSPS) is 10.8. The Kier molecular flexibility index (Phi) is 3.27. The average molecular weight is 244 g/mol. The SMILES string of the molecule is COc1c(C(F)(F)F)ccc(C(N)=O)c1C#N. The number of nitriles is 1. The summed E-state index contributed by atoms with van der Waals surface area (Å²) in [5, 5.41) is 8.76. The van der Waals surface area contributed by atoms with Crippen molar-refractivity contribution in [2.75, 3.05) is 7.11 Å². The van der Waals surface area contributed by atoms with Crippen LogP contribution in [-0.2, 0) is 6.18 Å². The zero-order chi connectivity index (χ0) is 13.2. The fraction of sp³-hybridized carbons (Fsp3) is 0.200. The summed E-state index contributed by atoms with van der Waals surface area (Å²) in [5.41, 5.74) is 3.00. The lowest BCUT2D eigenvalue weighted by atomic mass is 10.0. The zero-order valence-electron chi connectivity index (χ0n) is 8.63. The Labute approximate surface area is 94.4 Å². The van der Waals surface area contributed by atoms with Gasteiger partial charge in [-0.05, 0) is 12.1 Å². The second-order valence-electron chi connectivity index (χ2n) is 3.04. The molecule has 7 heteroatoms. The average Bonchev–Trinajstić information content (AvgIpc) is 2.25. The van der Waals surface area contributed by atoms with Crippen molar-refractivity contribution in [3.8, 4) is 11.8 Å². The minimum atomic E-state index is -4.67. The number of carbonyl (C=O) groups excluding carboxylic acids is 1. The Morgan fingerprint density at radius 1 is 1.47 bits per heavy atom. The van der Waals surface area contributed by atoms with Crippen molar-refractivity contribution in [3.05, 3.63) is 28.8 Å². The van der Waals surface area contributed by atoms with Crippen LogP contribution in [0.3, 0.4) is 0 Å². The van der Waals surface area contributed by atoms with Gasteiger partial charge < -0.3 is 10.5 Å². The Bertz CT molecular complexity index is 503. The molecule has 0 saturated heterocycles. The Morgan fingerprint density at radius 2 is 2.06 bits per heavy atom. The molecule has 0 heterocycles. The molecule has 0 aromatic heterocycles. The molecule has 17 heavy (non-hydrogen) atoms. The summed E-state index contributed by atoms with van der Waals surface area (Å²) in [5.74, 6) is -1.69. The smallest absolute Gasteiger partial charge is 0.420 e. The first kappa shape index (κ1) is 12.8. The second-order valence-corrected chi connectivity index (χ2v) is 3.04. The molecule has 0 atom stereocenters. The van der Waals surface area contributed by atoms with E-state index in [-0.39, 0.29) is 5.56 Å². The molecule has 1 aromatic rings. The van der Waals surface area contributed by atoms with E-state index in [1.807, 2.05) is 0 Å². The Hall–Kier alpha value is -2.23. The summed E-state index contributed by atoms with van der Waals surface area (Å²) in [6, 6.07) is 2.99. The fourth-order valence-corrected chi connectivity index (χ4v) is 1.33. The summed E-state index contributed by atoms with van der Waals surface area (Å²) in [7, 11) is 0.982. The molecule has 1 amide bonds. The number of ether oxygens (including phenoxy) is 1. The van der Waals surface area contributed by atoms with Crippen LogP contribution in [0.15, 0.2) is 12.1 Å². The summed E-state index contributed by atoms with van der Waals surface area (Å²) in [4.78, 5) is 10.9. The van der Waals surface area contributed by atoms with Gasteiger partial charge in [0.15, 0.2) is 0 Å². The molecule has 0 aliphatic carbocycles. The molecule has 2 N–H and O–H groups in total. The van der Waals surface area contributed by atoms with E-state index in [4.69, 9.17) is 11.0 Å². The van der Waals surface area contributed by atoms with Crippen LogP contribution in [-0.4, -0.2) is 13.0 Å².